The molecule has 0 aliphatic carbocycles. The van der Waals surface area contributed by atoms with Crippen molar-refractivity contribution in [2.24, 2.45) is 0 Å². The Bertz CT molecular complexity index is 221. The van der Waals surface area contributed by atoms with Crippen molar-refractivity contribution in [1.82, 2.24) is 0 Å². The van der Waals surface area contributed by atoms with Gasteiger partial charge in [0.05, 0.1) is 0 Å². The Labute approximate surface area is 98.5 Å². The third kappa shape index (κ3) is 5.91. The fraction of sp³-hybridized carbons (Fsp3) is 0.769. The van der Waals surface area contributed by atoms with Gasteiger partial charge in [0.2, 0.25) is 0 Å². The average Bonchev–Trinajstić information content (AvgIpc) is 2.20. The van der Waals surface area contributed by atoms with Gasteiger partial charge in [0, 0.05) is 6.92 Å². The van der Waals surface area contributed by atoms with Crippen molar-refractivity contribution in [2.75, 3.05) is 0 Å². The molecule has 0 aliphatic rings. The number of carbonyl (C=O) groups is 1. The van der Waals surface area contributed by atoms with E-state index in [0.717, 1.165) is 19.3 Å². The quantitative estimate of drug-likeness (QED) is 0.395. The highest BCUT2D eigenvalue weighted by molar-refractivity contribution is 5.66. The minimum Gasteiger partial charge on any atom is -0.455 e. The molecule has 0 aliphatic heterocycles. The molecule has 94 valence electrons. The van der Waals surface area contributed by atoms with E-state index in [2.05, 4.69) is 13.5 Å². The van der Waals surface area contributed by atoms with Crippen LogP contribution >= 0.6 is 0 Å². The first kappa shape index (κ1) is 15.2. The molecule has 2 atom stereocenters. The van der Waals surface area contributed by atoms with Crippen molar-refractivity contribution in [3.63, 3.8) is 0 Å². The highest BCUT2D eigenvalue weighted by Crippen LogP contribution is 2.22. The monoisotopic (exact) mass is 228 g/mol. The third-order valence-corrected chi connectivity index (χ3v) is 2.66. The van der Waals surface area contributed by atoms with Crippen LogP contribution in [0.4, 0.5) is 0 Å². The minimum atomic E-state index is -1.01. The van der Waals surface area contributed by atoms with E-state index in [1.165, 1.54) is 19.4 Å². The van der Waals surface area contributed by atoms with E-state index >= 15 is 0 Å². The fourth-order valence-corrected chi connectivity index (χ4v) is 1.66. The maximum Gasteiger partial charge on any atom is 0.303 e. The largest absolute Gasteiger partial charge is 0.455 e. The lowest BCUT2D eigenvalue weighted by molar-refractivity contribution is -0.156. The summed E-state index contributed by atoms with van der Waals surface area (Å²) in [4.78, 5) is 10.9. The number of aliphatic hydroxyl groups is 1. The first-order valence-corrected chi connectivity index (χ1v) is 5.96. The van der Waals surface area contributed by atoms with Gasteiger partial charge in [-0.05, 0) is 19.4 Å². The summed E-state index contributed by atoms with van der Waals surface area (Å²) in [5, 5.41) is 10.2. The van der Waals surface area contributed by atoms with Crippen LogP contribution in [0.5, 0.6) is 0 Å². The number of unbranched alkanes of at least 4 members (excludes halogenated alkanes) is 3. The SMILES string of the molecule is C=C[C@@H](OC(C)=O)[C@@](C)(O)CCCCCC. The Morgan fingerprint density at radius 1 is 1.50 bits per heavy atom. The number of hydrogen-bond acceptors (Lipinski definition) is 3. The maximum atomic E-state index is 10.9. The molecule has 0 fully saturated rings. The van der Waals surface area contributed by atoms with Crippen LogP contribution in [-0.4, -0.2) is 22.8 Å². The molecule has 0 saturated heterocycles. The zero-order valence-electron chi connectivity index (χ0n) is 10.7. The number of hydrogen-bond donors (Lipinski definition) is 1. The predicted octanol–water partition coefficient (Wildman–Crippen LogP) is 2.83. The molecule has 0 aromatic carbocycles. The van der Waals surface area contributed by atoms with E-state index in [4.69, 9.17) is 4.74 Å². The van der Waals surface area contributed by atoms with Crippen molar-refractivity contribution in [2.45, 2.75) is 64.6 Å². The van der Waals surface area contributed by atoms with E-state index < -0.39 is 17.7 Å². The molecule has 0 amide bonds. The van der Waals surface area contributed by atoms with Crippen molar-refractivity contribution < 1.29 is 14.6 Å². The first-order chi connectivity index (χ1) is 7.44. The van der Waals surface area contributed by atoms with Crippen molar-refractivity contribution >= 4 is 5.97 Å². The third-order valence-electron chi connectivity index (χ3n) is 2.66. The van der Waals surface area contributed by atoms with Crippen molar-refractivity contribution in [1.29, 1.82) is 0 Å². The lowest BCUT2D eigenvalue weighted by Crippen LogP contribution is -2.40. The van der Waals surface area contributed by atoms with Crippen LogP contribution in [0.25, 0.3) is 0 Å². The fourth-order valence-electron chi connectivity index (χ4n) is 1.66. The Hall–Kier alpha value is -0.830. The molecular weight excluding hydrogens is 204 g/mol. The molecule has 0 saturated carbocycles. The van der Waals surface area contributed by atoms with Crippen LogP contribution in [0, 0.1) is 0 Å². The zero-order chi connectivity index (χ0) is 12.6. The van der Waals surface area contributed by atoms with Gasteiger partial charge < -0.3 is 9.84 Å². The molecule has 0 aromatic rings. The summed E-state index contributed by atoms with van der Waals surface area (Å²) >= 11 is 0. The van der Waals surface area contributed by atoms with E-state index in [9.17, 15) is 9.90 Å². The van der Waals surface area contributed by atoms with Crippen LogP contribution in [0.2, 0.25) is 0 Å². The molecule has 0 radical (unpaired) electrons. The molecule has 0 aromatic heterocycles. The van der Waals surface area contributed by atoms with Crippen LogP contribution < -0.4 is 0 Å². The molecule has 3 nitrogen and oxygen atoms in total. The Morgan fingerprint density at radius 2 is 2.12 bits per heavy atom. The van der Waals surface area contributed by atoms with Gasteiger partial charge in [0.25, 0.3) is 0 Å². The Balaban J connectivity index is 4.14. The molecule has 16 heavy (non-hydrogen) atoms. The van der Waals surface area contributed by atoms with Gasteiger partial charge in [-0.25, -0.2) is 0 Å². The molecule has 0 bridgehead atoms. The van der Waals surface area contributed by atoms with Crippen LogP contribution in [0.3, 0.4) is 0 Å². The highest BCUT2D eigenvalue weighted by Gasteiger charge is 2.31. The van der Waals surface area contributed by atoms with Gasteiger partial charge in [-0.1, -0.05) is 39.2 Å². The smallest absolute Gasteiger partial charge is 0.303 e. The summed E-state index contributed by atoms with van der Waals surface area (Å²) in [6.07, 6.45) is 5.85. The topological polar surface area (TPSA) is 46.5 Å². The predicted molar refractivity (Wildman–Crippen MR) is 65.1 cm³/mol. The summed E-state index contributed by atoms with van der Waals surface area (Å²) in [7, 11) is 0. The van der Waals surface area contributed by atoms with Gasteiger partial charge in [-0.2, -0.15) is 0 Å². The lowest BCUT2D eigenvalue weighted by atomic mass is 9.92. The summed E-state index contributed by atoms with van der Waals surface area (Å²) in [6.45, 7) is 8.76. The van der Waals surface area contributed by atoms with Crippen LogP contribution in [0.1, 0.15) is 52.9 Å². The van der Waals surface area contributed by atoms with E-state index in [0.29, 0.717) is 6.42 Å². The number of ether oxygens (including phenoxy) is 1. The highest BCUT2D eigenvalue weighted by atomic mass is 16.6. The van der Waals surface area contributed by atoms with E-state index in [-0.39, 0.29) is 0 Å². The first-order valence-electron chi connectivity index (χ1n) is 5.96. The standard InChI is InChI=1S/C13H24O3/c1-5-7-8-9-10-13(4,15)12(6-2)16-11(3)14/h6,12,15H,2,5,7-10H2,1,3-4H3/t12-,13+/m1/s1. The molecule has 0 spiro atoms. The number of carbonyl (C=O) groups excluding carboxylic acids is 1. The average molecular weight is 228 g/mol. The number of esters is 1. The molecular formula is C13H24O3. The van der Waals surface area contributed by atoms with E-state index in [1.54, 1.807) is 6.92 Å². The van der Waals surface area contributed by atoms with Gasteiger partial charge in [-0.15, -0.1) is 0 Å². The molecule has 1 N–H and O–H groups in total. The van der Waals surface area contributed by atoms with Crippen LogP contribution in [-0.2, 0) is 9.53 Å². The van der Waals surface area contributed by atoms with Crippen molar-refractivity contribution in [3.05, 3.63) is 12.7 Å². The Kier molecular flexibility index (Phi) is 7.06. The normalized spacial score (nSPS) is 16.2. The van der Waals surface area contributed by atoms with Gasteiger partial charge >= 0.3 is 5.97 Å². The molecule has 0 heterocycles. The zero-order valence-corrected chi connectivity index (χ0v) is 10.7. The summed E-state index contributed by atoms with van der Waals surface area (Å²) < 4.78 is 5.01. The van der Waals surface area contributed by atoms with Crippen LogP contribution in [0.15, 0.2) is 12.7 Å². The molecule has 0 unspecified atom stereocenters. The summed E-state index contributed by atoms with van der Waals surface area (Å²) in [6, 6.07) is 0. The summed E-state index contributed by atoms with van der Waals surface area (Å²) in [5.41, 5.74) is -1.01. The van der Waals surface area contributed by atoms with Gasteiger partial charge in [-0.3, -0.25) is 4.79 Å². The minimum absolute atomic E-state index is 0.390. The number of rotatable bonds is 8. The second-order valence-electron chi connectivity index (χ2n) is 4.43. The van der Waals surface area contributed by atoms with Gasteiger partial charge in [0.1, 0.15) is 11.7 Å². The molecule has 3 heteroatoms. The maximum absolute atomic E-state index is 10.9. The second kappa shape index (κ2) is 7.44. The summed E-state index contributed by atoms with van der Waals surface area (Å²) in [5.74, 6) is -0.390. The molecule has 0 rings (SSSR count). The second-order valence-corrected chi connectivity index (χ2v) is 4.43. The Morgan fingerprint density at radius 3 is 2.56 bits per heavy atom. The van der Waals surface area contributed by atoms with Gasteiger partial charge in [0.15, 0.2) is 0 Å². The van der Waals surface area contributed by atoms with Crippen molar-refractivity contribution in [3.8, 4) is 0 Å². The van der Waals surface area contributed by atoms with E-state index in [1.807, 2.05) is 0 Å². The lowest BCUT2D eigenvalue weighted by Gasteiger charge is -2.30.